The van der Waals surface area contributed by atoms with Crippen molar-refractivity contribution in [3.63, 3.8) is 0 Å². The molecular weight excluding hydrogens is 352 g/mol. The van der Waals surface area contributed by atoms with Gasteiger partial charge in [0.25, 0.3) is 0 Å². The summed E-state index contributed by atoms with van der Waals surface area (Å²) in [5.41, 5.74) is 3.77. The molecule has 0 aliphatic rings. The summed E-state index contributed by atoms with van der Waals surface area (Å²) >= 11 is 0. The Bertz CT molecular complexity index is 960. The van der Waals surface area contributed by atoms with Gasteiger partial charge in [-0.25, -0.2) is 4.98 Å². The first-order valence-corrected chi connectivity index (χ1v) is 9.70. The summed E-state index contributed by atoms with van der Waals surface area (Å²) in [6.45, 7) is 4.59. The number of carbonyl (C=O) groups is 2. The first-order chi connectivity index (χ1) is 13.6. The van der Waals surface area contributed by atoms with E-state index in [-0.39, 0.29) is 18.4 Å². The van der Waals surface area contributed by atoms with Crippen LogP contribution < -0.4 is 10.6 Å². The molecule has 1 heterocycles. The number of hydrogen-bond acceptors (Lipinski definition) is 3. The smallest absolute Gasteiger partial charge is 0.244 e. The number of carbonyl (C=O) groups excluding carboxylic acids is 2. The number of rotatable bonds is 8. The van der Waals surface area contributed by atoms with Gasteiger partial charge in [0.2, 0.25) is 11.8 Å². The summed E-state index contributed by atoms with van der Waals surface area (Å²) in [5, 5.41) is 5.81. The minimum atomic E-state index is -0.105. The van der Waals surface area contributed by atoms with E-state index in [9.17, 15) is 9.59 Å². The van der Waals surface area contributed by atoms with Crippen LogP contribution in [0.15, 0.2) is 48.5 Å². The molecule has 0 bridgehead atoms. The van der Waals surface area contributed by atoms with E-state index in [2.05, 4.69) is 22.5 Å². The predicted octanol–water partition coefficient (Wildman–Crippen LogP) is 3.31. The Morgan fingerprint density at radius 3 is 2.46 bits per heavy atom. The minimum Gasteiger partial charge on any atom is -0.356 e. The van der Waals surface area contributed by atoms with Crippen molar-refractivity contribution in [1.82, 2.24) is 14.9 Å². The second-order valence-corrected chi connectivity index (χ2v) is 6.66. The van der Waals surface area contributed by atoms with E-state index in [1.54, 1.807) is 0 Å². The third-order valence-electron chi connectivity index (χ3n) is 4.67. The molecule has 6 nitrogen and oxygen atoms in total. The van der Waals surface area contributed by atoms with E-state index >= 15 is 0 Å². The number of aryl methyl sites for hydroxylation is 1. The van der Waals surface area contributed by atoms with Crippen molar-refractivity contribution < 1.29 is 9.59 Å². The molecule has 3 aromatic rings. The third kappa shape index (κ3) is 4.76. The highest BCUT2D eigenvalue weighted by Crippen LogP contribution is 2.17. The lowest BCUT2D eigenvalue weighted by atomic mass is 10.1. The van der Waals surface area contributed by atoms with Crippen LogP contribution in [-0.2, 0) is 29.0 Å². The second-order valence-electron chi connectivity index (χ2n) is 6.66. The number of fused-ring (bicyclic) bond motifs is 1. The number of hydrogen-bond donors (Lipinski definition) is 2. The number of para-hydroxylation sites is 2. The van der Waals surface area contributed by atoms with Gasteiger partial charge in [-0.05, 0) is 36.2 Å². The van der Waals surface area contributed by atoms with Gasteiger partial charge in [-0.2, -0.15) is 0 Å². The summed E-state index contributed by atoms with van der Waals surface area (Å²) in [6.07, 6.45) is 1.99. The molecule has 3 rings (SSSR count). The van der Waals surface area contributed by atoms with Crippen molar-refractivity contribution in [1.29, 1.82) is 0 Å². The van der Waals surface area contributed by atoms with Gasteiger partial charge in [-0.3, -0.25) is 9.59 Å². The van der Waals surface area contributed by atoms with Crippen LogP contribution in [0.2, 0.25) is 0 Å². The fourth-order valence-electron chi connectivity index (χ4n) is 3.10. The van der Waals surface area contributed by atoms with Crippen LogP contribution in [0.4, 0.5) is 5.69 Å². The van der Waals surface area contributed by atoms with Crippen molar-refractivity contribution in [3.05, 3.63) is 59.9 Å². The third-order valence-corrected chi connectivity index (χ3v) is 4.67. The summed E-state index contributed by atoms with van der Waals surface area (Å²) in [6, 6.07) is 15.6. The molecule has 0 saturated carbocycles. The molecule has 1 aromatic heterocycles. The van der Waals surface area contributed by atoms with Crippen LogP contribution in [0.25, 0.3) is 11.0 Å². The van der Waals surface area contributed by atoms with Gasteiger partial charge >= 0.3 is 0 Å². The Morgan fingerprint density at radius 2 is 1.75 bits per heavy atom. The summed E-state index contributed by atoms with van der Waals surface area (Å²) in [4.78, 5) is 28.8. The van der Waals surface area contributed by atoms with Crippen LogP contribution >= 0.6 is 0 Å². The molecule has 2 aromatic carbocycles. The van der Waals surface area contributed by atoms with E-state index in [1.165, 1.54) is 5.56 Å². The lowest BCUT2D eigenvalue weighted by molar-refractivity contribution is -0.120. The minimum absolute atomic E-state index is 0.0101. The van der Waals surface area contributed by atoms with Crippen molar-refractivity contribution in [3.8, 4) is 0 Å². The van der Waals surface area contributed by atoms with Gasteiger partial charge in [0.15, 0.2) is 0 Å². The quantitative estimate of drug-likeness (QED) is 0.631. The van der Waals surface area contributed by atoms with Gasteiger partial charge in [0.05, 0.1) is 11.0 Å². The molecular formula is C22H26N4O2. The zero-order valence-corrected chi connectivity index (χ0v) is 16.4. The number of nitrogens with one attached hydrogen (secondary N) is 2. The SMILES string of the molecule is CCC(=O)NCCc1nc2ccccc2n1CC(=O)Nc1ccc(CC)cc1. The Morgan fingerprint density at radius 1 is 1.00 bits per heavy atom. The molecule has 0 aliphatic carbocycles. The molecule has 2 N–H and O–H groups in total. The van der Waals surface area contributed by atoms with E-state index in [0.29, 0.717) is 19.4 Å². The maximum absolute atomic E-state index is 12.6. The lowest BCUT2D eigenvalue weighted by Crippen LogP contribution is -2.26. The molecule has 146 valence electrons. The second kappa shape index (κ2) is 9.17. The molecule has 0 unspecified atom stereocenters. The van der Waals surface area contributed by atoms with Crippen LogP contribution in [0, 0.1) is 0 Å². The number of aromatic nitrogens is 2. The topological polar surface area (TPSA) is 76.0 Å². The summed E-state index contributed by atoms with van der Waals surface area (Å²) < 4.78 is 1.92. The summed E-state index contributed by atoms with van der Waals surface area (Å²) in [5.74, 6) is 0.691. The number of anilines is 1. The van der Waals surface area contributed by atoms with Gasteiger partial charge < -0.3 is 15.2 Å². The monoisotopic (exact) mass is 378 g/mol. The van der Waals surface area contributed by atoms with Crippen LogP contribution in [-0.4, -0.2) is 27.9 Å². The molecule has 28 heavy (non-hydrogen) atoms. The van der Waals surface area contributed by atoms with Crippen molar-refractivity contribution in [2.75, 3.05) is 11.9 Å². The van der Waals surface area contributed by atoms with Gasteiger partial charge in [-0.15, -0.1) is 0 Å². The van der Waals surface area contributed by atoms with Crippen molar-refractivity contribution in [2.45, 2.75) is 39.7 Å². The van der Waals surface area contributed by atoms with Crippen molar-refractivity contribution >= 4 is 28.5 Å². The van der Waals surface area contributed by atoms with E-state index in [0.717, 1.165) is 29.0 Å². The van der Waals surface area contributed by atoms with Gasteiger partial charge in [0.1, 0.15) is 12.4 Å². The van der Waals surface area contributed by atoms with E-state index < -0.39 is 0 Å². The molecule has 0 aliphatic heterocycles. The largest absolute Gasteiger partial charge is 0.356 e. The van der Waals surface area contributed by atoms with Crippen LogP contribution in [0.1, 0.15) is 31.7 Å². The maximum Gasteiger partial charge on any atom is 0.244 e. The lowest BCUT2D eigenvalue weighted by Gasteiger charge is -2.11. The number of benzene rings is 2. The molecule has 2 amide bonds. The molecule has 0 fully saturated rings. The zero-order valence-electron chi connectivity index (χ0n) is 16.4. The Hall–Kier alpha value is -3.15. The van der Waals surface area contributed by atoms with E-state index in [4.69, 9.17) is 0 Å². The standard InChI is InChI=1S/C22H26N4O2/c1-3-16-9-11-17(12-10-16)24-22(28)15-26-19-8-6-5-7-18(19)25-20(26)13-14-23-21(27)4-2/h5-12H,3-4,13-15H2,1-2H3,(H,23,27)(H,24,28). The number of imidazole rings is 1. The molecule has 0 radical (unpaired) electrons. The average Bonchev–Trinajstić information content (AvgIpc) is 3.05. The van der Waals surface area contributed by atoms with Gasteiger partial charge in [0, 0.05) is 25.1 Å². The Kier molecular flexibility index (Phi) is 6.42. The van der Waals surface area contributed by atoms with E-state index in [1.807, 2.05) is 60.0 Å². The maximum atomic E-state index is 12.6. The van der Waals surface area contributed by atoms with Crippen LogP contribution in [0.5, 0.6) is 0 Å². The summed E-state index contributed by atoms with van der Waals surface area (Å²) in [7, 11) is 0. The average molecular weight is 378 g/mol. The zero-order chi connectivity index (χ0) is 19.9. The fraction of sp³-hybridized carbons (Fsp3) is 0.318. The Labute approximate surface area is 165 Å². The first-order valence-electron chi connectivity index (χ1n) is 9.70. The molecule has 0 spiro atoms. The van der Waals surface area contributed by atoms with Gasteiger partial charge in [-0.1, -0.05) is 38.1 Å². The fourth-order valence-corrected chi connectivity index (χ4v) is 3.10. The van der Waals surface area contributed by atoms with Crippen LogP contribution in [0.3, 0.4) is 0 Å². The van der Waals surface area contributed by atoms with Crippen molar-refractivity contribution in [2.24, 2.45) is 0 Å². The number of amides is 2. The molecule has 0 saturated heterocycles. The number of nitrogens with zero attached hydrogens (tertiary/aromatic N) is 2. The Balaban J connectivity index is 1.75. The predicted molar refractivity (Wildman–Crippen MR) is 111 cm³/mol. The first kappa shape index (κ1) is 19.6. The normalized spacial score (nSPS) is 10.8. The molecule has 0 atom stereocenters. The highest BCUT2D eigenvalue weighted by atomic mass is 16.2. The molecule has 6 heteroatoms. The highest BCUT2D eigenvalue weighted by molar-refractivity contribution is 5.91. The highest BCUT2D eigenvalue weighted by Gasteiger charge is 2.14.